The van der Waals surface area contributed by atoms with Crippen LogP contribution in [0.1, 0.15) is 49.1 Å². The van der Waals surface area contributed by atoms with E-state index in [0.717, 1.165) is 50.7 Å². The molecular weight excluding hydrogens is 1600 g/mol. The highest BCUT2D eigenvalue weighted by molar-refractivity contribution is 5.55. The number of hydrogen-bond acceptors (Lipinski definition) is 18. The number of halogens is 1. The lowest BCUT2D eigenvalue weighted by Gasteiger charge is -2.18. The molecule has 1 atom stereocenters. The van der Waals surface area contributed by atoms with Crippen LogP contribution in [0.15, 0.2) is 385 Å². The van der Waals surface area contributed by atoms with Crippen LogP contribution < -0.4 is 90.3 Å². The van der Waals surface area contributed by atoms with Gasteiger partial charge in [0.15, 0.2) is 11.4 Å². The van der Waals surface area contributed by atoms with Crippen molar-refractivity contribution in [2.45, 2.75) is 46.3 Å². The van der Waals surface area contributed by atoms with Crippen LogP contribution >= 0.6 is 0 Å². The summed E-state index contributed by atoms with van der Waals surface area (Å²) in [5.74, 6) is -0.387. The zero-order valence-electron chi connectivity index (χ0n) is 69.1. The van der Waals surface area contributed by atoms with E-state index in [9.17, 15) is 53.0 Å². The van der Waals surface area contributed by atoms with Crippen molar-refractivity contribution in [3.8, 4) is 45.5 Å². The maximum absolute atomic E-state index is 12.9. The summed E-state index contributed by atoms with van der Waals surface area (Å²) in [6.45, 7) is 22.9. The van der Waals surface area contributed by atoms with E-state index in [1.54, 1.807) is 271 Å². The Bertz CT molecular complexity index is 6930. The average Bonchev–Trinajstić information content (AvgIpc) is 0.721. The van der Waals surface area contributed by atoms with Gasteiger partial charge in [-0.2, -0.15) is 0 Å². The molecule has 0 bridgehead atoms. The SMILES string of the molecule is CC(C)(O)c1ccc(-n2cccc(N)c2=O)cc1.CC(O)c1ccc(-n2cccc(N)c2=O)cc1.Cc1ccc(-n2cccc(N)c2=O)cc1.Cc1ccc(-n2cccc(N)c2=O)cc1.Nc1cccn(-c2cccc(F)c2)c1=O.Nc1cccn(-c2ccccc2)c1=O.[C-]#[N+]c1ccc(-n2cccc(N)c2=O)cc1.[C-]#[N+]c1cccc(-n2cccc(N)c2=O)c1. The molecule has 0 saturated carbocycles. The van der Waals surface area contributed by atoms with E-state index in [4.69, 9.17) is 59.0 Å². The van der Waals surface area contributed by atoms with Crippen LogP contribution in [0.25, 0.3) is 55.2 Å². The molecule has 28 nitrogen and oxygen atoms in total. The molecule has 18 N–H and O–H groups in total. The number of anilines is 8. The number of pyridine rings is 8. The zero-order chi connectivity index (χ0) is 91.3. The van der Waals surface area contributed by atoms with Gasteiger partial charge in [0.2, 0.25) is 0 Å². The third-order valence-electron chi connectivity index (χ3n) is 18.6. The van der Waals surface area contributed by atoms with Crippen molar-refractivity contribution < 1.29 is 14.6 Å². The second-order valence-electron chi connectivity index (χ2n) is 28.2. The van der Waals surface area contributed by atoms with Crippen molar-refractivity contribution in [1.82, 2.24) is 36.5 Å². The summed E-state index contributed by atoms with van der Waals surface area (Å²) in [6.07, 6.45) is 12.8. The Labute approximate surface area is 722 Å². The number of aromatic nitrogens is 8. The van der Waals surface area contributed by atoms with Crippen molar-refractivity contribution in [3.05, 3.63) is 481 Å². The van der Waals surface area contributed by atoms with Crippen LogP contribution in [0, 0.1) is 32.8 Å². The summed E-state index contributed by atoms with van der Waals surface area (Å²) >= 11 is 0. The number of para-hydroxylation sites is 1. The molecule has 0 amide bonds. The van der Waals surface area contributed by atoms with Crippen molar-refractivity contribution >= 4 is 56.9 Å². The number of nitrogen functional groups attached to an aromatic ring is 8. The van der Waals surface area contributed by atoms with Gasteiger partial charge < -0.3 is 56.1 Å². The van der Waals surface area contributed by atoms with Gasteiger partial charge in [0.05, 0.1) is 76.0 Å². The van der Waals surface area contributed by atoms with Crippen LogP contribution in [0.3, 0.4) is 0 Å². The fourth-order valence-electron chi connectivity index (χ4n) is 11.7. The molecule has 1 unspecified atom stereocenters. The Kier molecular flexibility index (Phi) is 31.9. The highest BCUT2D eigenvalue weighted by atomic mass is 19.1. The molecule has 636 valence electrons. The predicted octanol–water partition coefficient (Wildman–Crippen LogP) is 13.5. The van der Waals surface area contributed by atoms with E-state index in [-0.39, 0.29) is 95.8 Å². The van der Waals surface area contributed by atoms with Crippen LogP contribution in [-0.2, 0) is 5.60 Å². The lowest BCUT2D eigenvalue weighted by Crippen LogP contribution is -2.21. The molecule has 8 heterocycles. The van der Waals surface area contributed by atoms with E-state index in [1.807, 2.05) is 92.7 Å². The van der Waals surface area contributed by atoms with E-state index >= 15 is 0 Å². The first-order valence-corrected chi connectivity index (χ1v) is 38.6. The summed E-state index contributed by atoms with van der Waals surface area (Å²) in [5, 5.41) is 19.3. The van der Waals surface area contributed by atoms with Crippen molar-refractivity contribution in [2.24, 2.45) is 0 Å². The van der Waals surface area contributed by atoms with Crippen molar-refractivity contribution in [3.63, 3.8) is 0 Å². The minimum absolute atomic E-state index is 0.141. The second-order valence-corrected chi connectivity index (χ2v) is 28.2. The van der Waals surface area contributed by atoms with E-state index in [2.05, 4.69) is 9.69 Å². The van der Waals surface area contributed by atoms with E-state index in [0.29, 0.717) is 28.4 Å². The summed E-state index contributed by atoms with van der Waals surface area (Å²) in [4.78, 5) is 100. The smallest absolute Gasteiger partial charge is 0.278 e. The molecule has 0 fully saturated rings. The third-order valence-corrected chi connectivity index (χ3v) is 18.6. The Morgan fingerprint density at radius 2 is 0.532 bits per heavy atom. The molecule has 0 saturated heterocycles. The van der Waals surface area contributed by atoms with Gasteiger partial charge in [-0.1, -0.05) is 108 Å². The van der Waals surface area contributed by atoms with Crippen LogP contribution in [-0.4, -0.2) is 46.7 Å². The Balaban J connectivity index is 0.000000163. The maximum Gasteiger partial charge on any atom is 0.278 e. The van der Waals surface area contributed by atoms with Gasteiger partial charge in [0.25, 0.3) is 44.5 Å². The number of benzene rings is 8. The molecule has 0 aliphatic rings. The van der Waals surface area contributed by atoms with Gasteiger partial charge in [-0.05, 0) is 246 Å². The molecule has 0 radical (unpaired) electrons. The van der Waals surface area contributed by atoms with Crippen LogP contribution in [0.5, 0.6) is 0 Å². The first-order valence-electron chi connectivity index (χ1n) is 38.6. The third kappa shape index (κ3) is 24.9. The lowest BCUT2D eigenvalue weighted by molar-refractivity contribution is 0.0786. The van der Waals surface area contributed by atoms with Crippen LogP contribution in [0.2, 0.25) is 0 Å². The molecule has 29 heteroatoms. The van der Waals surface area contributed by atoms with Gasteiger partial charge in [-0.25, -0.2) is 14.1 Å². The summed E-state index contributed by atoms with van der Waals surface area (Å²) < 4.78 is 24.7. The molecule has 8 aromatic heterocycles. The average molecular weight is 1690 g/mol. The van der Waals surface area contributed by atoms with Gasteiger partial charge >= 0.3 is 0 Å². The van der Waals surface area contributed by atoms with E-state index in [1.165, 1.54) is 54.7 Å². The Morgan fingerprint density at radius 1 is 0.294 bits per heavy atom. The molecule has 0 aliphatic carbocycles. The van der Waals surface area contributed by atoms with Gasteiger partial charge in [-0.3, -0.25) is 74.9 Å². The molecular formula is C97H91FN18O10. The number of aryl methyl sites for hydroxylation is 2. The Morgan fingerprint density at radius 3 is 0.802 bits per heavy atom. The highest BCUT2D eigenvalue weighted by Crippen LogP contribution is 2.23. The molecule has 8 aromatic carbocycles. The zero-order valence-corrected chi connectivity index (χ0v) is 69.1. The summed E-state index contributed by atoms with van der Waals surface area (Å²) in [7, 11) is 0. The number of nitrogens with zero attached hydrogens (tertiary/aromatic N) is 10. The number of nitrogens with two attached hydrogens (primary N) is 8. The lowest BCUT2D eigenvalue weighted by atomic mass is 9.98. The molecule has 16 rings (SSSR count). The maximum atomic E-state index is 12.9. The minimum Gasteiger partial charge on any atom is -0.394 e. The number of hydrogen-bond donors (Lipinski definition) is 10. The fourth-order valence-corrected chi connectivity index (χ4v) is 11.7. The fraction of sp³-hybridized carbons (Fsp3) is 0.0722. The molecule has 0 aliphatic heterocycles. The quantitative estimate of drug-likeness (QED) is 0.0569. The molecule has 0 spiro atoms. The van der Waals surface area contributed by atoms with Crippen molar-refractivity contribution in [2.75, 3.05) is 45.9 Å². The largest absolute Gasteiger partial charge is 0.394 e. The highest BCUT2D eigenvalue weighted by Gasteiger charge is 2.16. The monoisotopic (exact) mass is 1690 g/mol. The predicted molar refractivity (Wildman–Crippen MR) is 499 cm³/mol. The minimum atomic E-state index is -0.890. The van der Waals surface area contributed by atoms with Gasteiger partial charge in [-0.15, -0.1) is 0 Å². The standard InChI is InChI=1S/C14H16N2O2.C13H14N2O2.2C12H9N3O.2C12H12N2O.C11H9FN2O.C11H10N2O/c1-14(2,18)10-5-7-11(8-6-10)16-9-3-4-12(15)13(16)17;1-9(16)10-4-6-11(7-5-10)15-8-2-3-12(14)13(15)17;1-14-9-4-2-5-10(8-9)15-7-3-6-11(13)12(15)16;1-14-9-4-6-10(7-5-9)15-8-2-3-11(13)12(15)16;2*1-9-4-6-10(7-5-9)14-8-2-3-11(13)12(14)15;12-8-3-1-4-9(7-8)14-6-2-5-10(13)11(14)15;12-10-7-4-8-13(11(10)14)9-5-2-1-3-6-9/h3-9,18H,15H2,1-2H3;2-9,16H,14H2,1H3;2*2-8H,13H2;2*2-8H,13H2,1H3;1-7H,13H2;1-8H,12H2. The second kappa shape index (κ2) is 43.5. The van der Waals surface area contributed by atoms with E-state index < -0.39 is 11.7 Å². The Hall–Kier alpha value is -17.4. The molecule has 16 aromatic rings. The van der Waals surface area contributed by atoms with Gasteiger partial charge in [0.1, 0.15) is 5.82 Å². The van der Waals surface area contributed by atoms with Crippen LogP contribution in [0.4, 0.5) is 61.3 Å². The first-order chi connectivity index (χ1) is 60.3. The topological polar surface area (TPSA) is 433 Å². The number of aliphatic hydroxyl groups excluding tert-OH is 1. The normalized spacial score (nSPS) is 10.5. The summed E-state index contributed by atoms with van der Waals surface area (Å²) in [6, 6.07) is 84.9. The first kappa shape index (κ1) is 92.5. The molecule has 126 heavy (non-hydrogen) atoms. The van der Waals surface area contributed by atoms with Crippen molar-refractivity contribution in [1.29, 1.82) is 0 Å². The number of rotatable bonds is 10. The number of aliphatic hydroxyl groups is 2. The summed E-state index contributed by atoms with van der Waals surface area (Å²) in [5.41, 5.74) is 54.0. The van der Waals surface area contributed by atoms with Gasteiger partial charge in [0, 0.05) is 89.4 Å².